The highest BCUT2D eigenvalue weighted by Crippen LogP contribution is 2.54. The van der Waals surface area contributed by atoms with Gasteiger partial charge >= 0.3 is 0 Å². The summed E-state index contributed by atoms with van der Waals surface area (Å²) < 4.78 is 48.7. The van der Waals surface area contributed by atoms with Gasteiger partial charge in [-0.2, -0.15) is 0 Å². The second-order valence-electron chi connectivity index (χ2n) is 18.4. The van der Waals surface area contributed by atoms with Crippen molar-refractivity contribution >= 4 is 0 Å². The molecule has 8 aromatic carbocycles. The van der Waals surface area contributed by atoms with Crippen LogP contribution in [0.4, 0.5) is 0 Å². The van der Waals surface area contributed by atoms with Crippen molar-refractivity contribution in [2.75, 3.05) is 54.9 Å². The number of methoxy groups -OCH3 is 4. The van der Waals surface area contributed by atoms with Gasteiger partial charge in [0.15, 0.2) is 0 Å². The van der Waals surface area contributed by atoms with Crippen molar-refractivity contribution in [3.63, 3.8) is 0 Å². The van der Waals surface area contributed by atoms with E-state index in [1.807, 2.05) is 149 Å². The molecule has 0 spiro atoms. The van der Waals surface area contributed by atoms with E-state index in [4.69, 9.17) is 37.9 Å². The summed E-state index contributed by atoms with van der Waals surface area (Å²) >= 11 is 0. The van der Waals surface area contributed by atoms with Crippen molar-refractivity contribution < 1.29 is 58.3 Å². The molecule has 392 valence electrons. The van der Waals surface area contributed by atoms with E-state index in [1.165, 1.54) is 0 Å². The summed E-state index contributed by atoms with van der Waals surface area (Å²) in [6, 6.07) is 44.9. The van der Waals surface area contributed by atoms with E-state index in [2.05, 4.69) is 0 Å². The molecule has 1 aliphatic carbocycles. The minimum Gasteiger partial charge on any atom is -0.507 e. The van der Waals surface area contributed by atoms with Gasteiger partial charge in [-0.05, 0) is 123 Å². The first-order chi connectivity index (χ1) is 37.0. The zero-order valence-electron chi connectivity index (χ0n) is 44.0. The van der Waals surface area contributed by atoms with Crippen LogP contribution in [0.25, 0.3) is 0 Å². The molecule has 0 aliphatic heterocycles. The Kier molecular flexibility index (Phi) is 15.7. The fraction of sp³-hybridized carbons (Fsp3) is 0.250. The Morgan fingerprint density at radius 3 is 0.645 bits per heavy atom. The summed E-state index contributed by atoms with van der Waals surface area (Å²) in [5.41, 5.74) is 7.48. The van der Waals surface area contributed by atoms with Crippen molar-refractivity contribution in [3.8, 4) is 69.0 Å². The van der Waals surface area contributed by atoms with Crippen LogP contribution in [0.3, 0.4) is 0 Å². The zero-order chi connectivity index (χ0) is 53.6. The van der Waals surface area contributed by atoms with E-state index >= 15 is 0 Å². The van der Waals surface area contributed by atoms with Gasteiger partial charge in [0.05, 0.1) is 54.9 Å². The Hall–Kier alpha value is -8.64. The van der Waals surface area contributed by atoms with Gasteiger partial charge in [-0.25, -0.2) is 0 Å². The Morgan fingerprint density at radius 2 is 0.461 bits per heavy atom. The molecular formula is C64H64O12. The molecule has 4 unspecified atom stereocenters. The van der Waals surface area contributed by atoms with E-state index in [-0.39, 0.29) is 49.4 Å². The third-order valence-electron chi connectivity index (χ3n) is 14.1. The normalized spacial score (nSPS) is 15.8. The lowest BCUT2D eigenvalue weighted by Crippen LogP contribution is -2.15. The van der Waals surface area contributed by atoms with E-state index in [0.717, 1.165) is 22.3 Å². The van der Waals surface area contributed by atoms with Crippen LogP contribution in [-0.4, -0.2) is 75.3 Å². The number of benzene rings is 8. The topological polar surface area (TPSA) is 155 Å². The van der Waals surface area contributed by atoms with E-state index < -0.39 is 23.7 Å². The Morgan fingerprint density at radius 1 is 0.276 bits per heavy atom. The Bertz CT molecular complexity index is 3300. The molecule has 9 rings (SSSR count). The van der Waals surface area contributed by atoms with Crippen LogP contribution in [-0.2, 0) is 0 Å². The third kappa shape index (κ3) is 10.1. The monoisotopic (exact) mass is 1020 g/mol. The lowest BCUT2D eigenvalue weighted by atomic mass is 9.75. The zero-order valence-corrected chi connectivity index (χ0v) is 44.0. The third-order valence-corrected chi connectivity index (χ3v) is 14.1. The molecule has 0 saturated heterocycles. The molecule has 0 radical (unpaired) electrons. The summed E-state index contributed by atoms with van der Waals surface area (Å²) in [6.07, 6.45) is 0. The fourth-order valence-corrected chi connectivity index (χ4v) is 10.7. The lowest BCUT2D eigenvalue weighted by Gasteiger charge is -2.31. The second kappa shape index (κ2) is 22.9. The molecule has 0 heterocycles. The van der Waals surface area contributed by atoms with Crippen molar-refractivity contribution in [3.05, 3.63) is 212 Å². The van der Waals surface area contributed by atoms with E-state index in [1.54, 1.807) is 52.7 Å². The first-order valence-corrected chi connectivity index (χ1v) is 25.5. The predicted octanol–water partition coefficient (Wildman–Crippen LogP) is 13.2. The molecule has 0 fully saturated rings. The van der Waals surface area contributed by atoms with Crippen LogP contribution in [0, 0.1) is 0 Å². The second-order valence-corrected chi connectivity index (χ2v) is 18.4. The predicted molar refractivity (Wildman–Crippen MR) is 293 cm³/mol. The van der Waals surface area contributed by atoms with E-state index in [9.17, 15) is 20.4 Å². The number of ether oxygens (including phenoxy) is 8. The summed E-state index contributed by atoms with van der Waals surface area (Å²) in [6.45, 7) is 8.58. The van der Waals surface area contributed by atoms with Crippen LogP contribution in [0.5, 0.6) is 69.0 Å². The van der Waals surface area contributed by atoms with Gasteiger partial charge < -0.3 is 58.3 Å². The first-order valence-electron chi connectivity index (χ1n) is 25.5. The number of phenolic OH excluding ortho intramolecular Hbond substituents is 4. The minimum absolute atomic E-state index is 0.0517. The highest BCUT2D eigenvalue weighted by atomic mass is 16.5. The smallest absolute Gasteiger partial charge is 0.127 e. The molecule has 8 aromatic rings. The molecule has 12 nitrogen and oxygen atoms in total. The summed E-state index contributed by atoms with van der Waals surface area (Å²) in [4.78, 5) is 0. The maximum absolute atomic E-state index is 12.7. The molecule has 76 heavy (non-hydrogen) atoms. The molecule has 4 N–H and O–H groups in total. The number of fused-ring (bicyclic) bond motifs is 8. The van der Waals surface area contributed by atoms with Gasteiger partial charge in [-0.1, -0.05) is 48.5 Å². The molecule has 8 bridgehead atoms. The minimum atomic E-state index is -0.846. The van der Waals surface area contributed by atoms with Gasteiger partial charge in [0.1, 0.15) is 69.0 Å². The largest absolute Gasteiger partial charge is 0.507 e. The maximum Gasteiger partial charge on any atom is 0.127 e. The SMILES string of the molecule is CCOc1cc(O)c2cc1C(c1ccc(OC)cc1)c1cc(c(OCC)cc1O)C(c1ccc(OC)cc1)c1cc(c(OCC)cc1O)C(c1ccc(OC)cc1)c1cc(c(O)cc1OCC)C2c1ccc(OC)cc1. The summed E-state index contributed by atoms with van der Waals surface area (Å²) in [5.74, 6) is 0.697. The standard InChI is InChI=1S/C64H64O12/c1-9-73-57-33-53(65)45-29-49(57)62(38-15-23-42(70-6)24-16-38)47-31-50(58(74-10-2)35-55(47)67)63(39-17-25-43(71-7)26-18-39)48-32-52(60(76-12-4)36-56(48)68)64(40-19-27-44(72-8)28-20-40)51-30-46(54(66)34-59(51)75-11-3)61(45)37-13-21-41(69-5)22-14-37/h13-36,61-68H,9-12H2,1-8H3. The fourth-order valence-electron chi connectivity index (χ4n) is 10.7. The summed E-state index contributed by atoms with van der Waals surface area (Å²) in [7, 11) is 6.43. The number of hydrogen-bond acceptors (Lipinski definition) is 12. The summed E-state index contributed by atoms with van der Waals surface area (Å²) in [5, 5.41) is 50.6. The van der Waals surface area contributed by atoms with Crippen LogP contribution < -0.4 is 37.9 Å². The van der Waals surface area contributed by atoms with Gasteiger partial charge in [-0.15, -0.1) is 0 Å². The molecule has 0 saturated carbocycles. The number of aromatic hydroxyl groups is 4. The Labute approximate surface area is 444 Å². The lowest BCUT2D eigenvalue weighted by molar-refractivity contribution is 0.328. The number of phenols is 4. The average Bonchev–Trinajstić information content (AvgIpc) is 3.45. The van der Waals surface area contributed by atoms with Crippen molar-refractivity contribution in [2.24, 2.45) is 0 Å². The number of hydrogen-bond donors (Lipinski definition) is 4. The van der Waals surface area contributed by atoms with Crippen LogP contribution >= 0.6 is 0 Å². The number of rotatable bonds is 16. The van der Waals surface area contributed by atoms with Gasteiger partial charge in [0, 0.05) is 92.4 Å². The van der Waals surface area contributed by atoms with Crippen molar-refractivity contribution in [1.82, 2.24) is 0 Å². The molecule has 1 aliphatic rings. The van der Waals surface area contributed by atoms with Crippen LogP contribution in [0.2, 0.25) is 0 Å². The molecule has 0 amide bonds. The average molecular weight is 1030 g/mol. The van der Waals surface area contributed by atoms with Gasteiger partial charge in [0.2, 0.25) is 0 Å². The molecule has 12 heteroatoms. The van der Waals surface area contributed by atoms with Gasteiger partial charge in [0.25, 0.3) is 0 Å². The highest BCUT2D eigenvalue weighted by Gasteiger charge is 2.36. The quantitative estimate of drug-likeness (QED) is 0.0728. The maximum atomic E-state index is 12.7. The molecule has 0 aromatic heterocycles. The highest BCUT2D eigenvalue weighted by molar-refractivity contribution is 5.68. The van der Waals surface area contributed by atoms with E-state index in [0.29, 0.717) is 90.5 Å². The van der Waals surface area contributed by atoms with Crippen LogP contribution in [0.15, 0.2) is 146 Å². The Balaban J connectivity index is 1.52. The van der Waals surface area contributed by atoms with Crippen molar-refractivity contribution in [2.45, 2.75) is 51.4 Å². The van der Waals surface area contributed by atoms with Crippen molar-refractivity contribution in [1.29, 1.82) is 0 Å². The first kappa shape index (κ1) is 52.2. The van der Waals surface area contributed by atoms with Gasteiger partial charge in [-0.3, -0.25) is 0 Å². The molecular weight excluding hydrogens is 961 g/mol. The molecule has 4 atom stereocenters. The van der Waals surface area contributed by atoms with Crippen LogP contribution in [0.1, 0.15) is 118 Å².